The summed E-state index contributed by atoms with van der Waals surface area (Å²) < 4.78 is 1.75. The second kappa shape index (κ2) is 8.20. The van der Waals surface area contributed by atoms with Crippen molar-refractivity contribution in [3.63, 3.8) is 0 Å². The first-order chi connectivity index (χ1) is 14.8. The molecule has 1 unspecified atom stereocenters. The average Bonchev–Trinajstić information content (AvgIpc) is 3.51. The number of para-hydroxylation sites is 1. The lowest BCUT2D eigenvalue weighted by molar-refractivity contribution is 0.0694. The molecule has 6 nitrogen and oxygen atoms in total. The van der Waals surface area contributed by atoms with Gasteiger partial charge in [-0.15, -0.1) is 16.4 Å². The molecule has 30 heavy (non-hydrogen) atoms. The summed E-state index contributed by atoms with van der Waals surface area (Å²) in [5, 5.41) is 7.71. The van der Waals surface area contributed by atoms with Crippen molar-refractivity contribution in [2.24, 2.45) is 0 Å². The number of amides is 1. The predicted molar refractivity (Wildman–Crippen MR) is 117 cm³/mol. The van der Waals surface area contributed by atoms with Crippen LogP contribution in [-0.2, 0) is 0 Å². The van der Waals surface area contributed by atoms with Crippen molar-refractivity contribution < 1.29 is 4.79 Å². The Morgan fingerprint density at radius 3 is 2.53 bits per heavy atom. The Hall–Kier alpha value is -3.32. The molecule has 0 radical (unpaired) electrons. The number of carbonyl (C=O) groups excluding carboxylic acids is 1. The first kappa shape index (κ1) is 18.7. The van der Waals surface area contributed by atoms with Gasteiger partial charge in [-0.25, -0.2) is 14.6 Å². The average molecular weight is 416 g/mol. The van der Waals surface area contributed by atoms with Crippen LogP contribution in [0.4, 0.5) is 0 Å². The first-order valence-electron chi connectivity index (χ1n) is 10.1. The zero-order valence-electron chi connectivity index (χ0n) is 16.4. The molecule has 7 heteroatoms. The quantitative estimate of drug-likeness (QED) is 0.495. The number of hydrogen-bond donors (Lipinski definition) is 0. The second-order valence-corrected chi connectivity index (χ2v) is 8.26. The predicted octanol–water partition coefficient (Wildman–Crippen LogP) is 4.41. The normalized spacial score (nSPS) is 16.5. The molecule has 0 N–H and O–H groups in total. The highest BCUT2D eigenvalue weighted by atomic mass is 32.1. The van der Waals surface area contributed by atoms with Crippen LogP contribution in [0, 0.1) is 0 Å². The van der Waals surface area contributed by atoms with E-state index in [0.717, 1.165) is 35.6 Å². The van der Waals surface area contributed by atoms with Crippen molar-refractivity contribution in [2.45, 2.75) is 18.8 Å². The SMILES string of the molecule is O=C(c1nc(-c2ccccc2)n(-c2ccccc2)n1)N1CCCC(c2nccs2)C1. The zero-order chi connectivity index (χ0) is 20.3. The largest absolute Gasteiger partial charge is 0.335 e. The maximum absolute atomic E-state index is 13.3. The molecule has 4 aromatic rings. The molecule has 150 valence electrons. The van der Waals surface area contributed by atoms with Crippen molar-refractivity contribution in [3.05, 3.63) is 83.1 Å². The number of carbonyl (C=O) groups is 1. The number of thiazole rings is 1. The van der Waals surface area contributed by atoms with Crippen molar-refractivity contribution in [1.29, 1.82) is 0 Å². The number of piperidine rings is 1. The fourth-order valence-electron chi connectivity index (χ4n) is 3.87. The minimum Gasteiger partial charge on any atom is -0.335 e. The van der Waals surface area contributed by atoms with Gasteiger partial charge in [-0.05, 0) is 25.0 Å². The number of likely N-dealkylation sites (tertiary alicyclic amines) is 1. The van der Waals surface area contributed by atoms with Crippen LogP contribution >= 0.6 is 11.3 Å². The van der Waals surface area contributed by atoms with E-state index in [9.17, 15) is 4.79 Å². The summed E-state index contributed by atoms with van der Waals surface area (Å²) in [5.41, 5.74) is 1.80. The maximum Gasteiger partial charge on any atom is 0.293 e. The topological polar surface area (TPSA) is 63.9 Å². The van der Waals surface area contributed by atoms with E-state index in [1.807, 2.05) is 77.1 Å². The maximum atomic E-state index is 13.3. The van der Waals surface area contributed by atoms with Gasteiger partial charge in [0.1, 0.15) is 0 Å². The highest BCUT2D eigenvalue weighted by molar-refractivity contribution is 7.09. The van der Waals surface area contributed by atoms with Crippen LogP contribution in [0.15, 0.2) is 72.2 Å². The summed E-state index contributed by atoms with van der Waals surface area (Å²) in [6, 6.07) is 19.7. The van der Waals surface area contributed by atoms with Gasteiger partial charge in [0.05, 0.1) is 10.7 Å². The number of benzene rings is 2. The molecule has 0 bridgehead atoms. The minimum atomic E-state index is -0.122. The Kier molecular flexibility index (Phi) is 5.11. The molecular formula is C23H21N5OS. The molecule has 1 atom stereocenters. The summed E-state index contributed by atoms with van der Waals surface area (Å²) in [5.74, 6) is 1.06. The lowest BCUT2D eigenvalue weighted by Crippen LogP contribution is -2.39. The summed E-state index contributed by atoms with van der Waals surface area (Å²) >= 11 is 1.66. The van der Waals surface area contributed by atoms with E-state index in [1.54, 1.807) is 16.0 Å². The van der Waals surface area contributed by atoms with Crippen LogP contribution in [0.3, 0.4) is 0 Å². The molecule has 0 aliphatic carbocycles. The van der Waals surface area contributed by atoms with Crippen LogP contribution in [0.2, 0.25) is 0 Å². The monoisotopic (exact) mass is 415 g/mol. The first-order valence-corrected chi connectivity index (χ1v) is 10.9. The Morgan fingerprint density at radius 2 is 1.80 bits per heavy atom. The molecule has 2 aromatic heterocycles. The zero-order valence-corrected chi connectivity index (χ0v) is 17.2. The van der Waals surface area contributed by atoms with Gasteiger partial charge in [0.25, 0.3) is 5.91 Å². The van der Waals surface area contributed by atoms with E-state index < -0.39 is 0 Å². The molecule has 2 aromatic carbocycles. The fourth-order valence-corrected chi connectivity index (χ4v) is 4.63. The van der Waals surface area contributed by atoms with E-state index in [2.05, 4.69) is 15.1 Å². The smallest absolute Gasteiger partial charge is 0.293 e. The van der Waals surface area contributed by atoms with Gasteiger partial charge in [0.15, 0.2) is 5.82 Å². The third-order valence-corrected chi connectivity index (χ3v) is 6.28. The van der Waals surface area contributed by atoms with Gasteiger partial charge in [-0.3, -0.25) is 4.79 Å². The highest BCUT2D eigenvalue weighted by Gasteiger charge is 2.29. The van der Waals surface area contributed by atoms with Gasteiger partial charge in [0, 0.05) is 36.1 Å². The van der Waals surface area contributed by atoms with E-state index in [4.69, 9.17) is 0 Å². The number of rotatable bonds is 4. The van der Waals surface area contributed by atoms with Crippen molar-refractivity contribution in [2.75, 3.05) is 13.1 Å². The molecule has 3 heterocycles. The van der Waals surface area contributed by atoms with Crippen LogP contribution < -0.4 is 0 Å². The molecule has 5 rings (SSSR count). The van der Waals surface area contributed by atoms with Gasteiger partial charge in [-0.2, -0.15) is 0 Å². The third-order valence-electron chi connectivity index (χ3n) is 5.34. The third kappa shape index (κ3) is 3.64. The Morgan fingerprint density at radius 1 is 1.03 bits per heavy atom. The molecule has 1 amide bonds. The van der Waals surface area contributed by atoms with E-state index >= 15 is 0 Å². The molecule has 1 aliphatic rings. The Bertz CT molecular complexity index is 1070. The summed E-state index contributed by atoms with van der Waals surface area (Å²) in [7, 11) is 0. The van der Waals surface area contributed by atoms with E-state index in [0.29, 0.717) is 12.4 Å². The minimum absolute atomic E-state index is 0.122. The fraction of sp³-hybridized carbons (Fsp3) is 0.217. The van der Waals surface area contributed by atoms with Gasteiger partial charge in [-0.1, -0.05) is 48.5 Å². The molecular weight excluding hydrogens is 394 g/mol. The molecule has 1 fully saturated rings. The Balaban J connectivity index is 1.48. The molecule has 0 saturated carbocycles. The van der Waals surface area contributed by atoms with Crippen LogP contribution in [-0.4, -0.2) is 43.6 Å². The van der Waals surface area contributed by atoms with Crippen LogP contribution in [0.5, 0.6) is 0 Å². The van der Waals surface area contributed by atoms with Crippen LogP contribution in [0.1, 0.15) is 34.4 Å². The molecule has 1 saturated heterocycles. The number of nitrogens with zero attached hydrogens (tertiary/aromatic N) is 5. The van der Waals surface area contributed by atoms with Crippen molar-refractivity contribution >= 4 is 17.2 Å². The van der Waals surface area contributed by atoms with Gasteiger partial charge >= 0.3 is 0 Å². The number of hydrogen-bond acceptors (Lipinski definition) is 5. The van der Waals surface area contributed by atoms with Crippen LogP contribution in [0.25, 0.3) is 17.1 Å². The molecule has 1 aliphatic heterocycles. The van der Waals surface area contributed by atoms with Crippen molar-refractivity contribution in [3.8, 4) is 17.1 Å². The van der Waals surface area contributed by atoms with E-state index in [-0.39, 0.29) is 17.6 Å². The summed E-state index contributed by atoms with van der Waals surface area (Å²) in [6.07, 6.45) is 3.84. The van der Waals surface area contributed by atoms with Crippen molar-refractivity contribution in [1.82, 2.24) is 24.6 Å². The summed E-state index contributed by atoms with van der Waals surface area (Å²) in [6.45, 7) is 1.38. The second-order valence-electron chi connectivity index (χ2n) is 7.33. The van der Waals surface area contributed by atoms with Gasteiger partial charge < -0.3 is 4.90 Å². The lowest BCUT2D eigenvalue weighted by atomic mass is 9.98. The summed E-state index contributed by atoms with van der Waals surface area (Å²) in [4.78, 5) is 24.3. The van der Waals surface area contributed by atoms with Gasteiger partial charge in [0.2, 0.25) is 5.82 Å². The highest BCUT2D eigenvalue weighted by Crippen LogP contribution is 2.29. The number of aromatic nitrogens is 4. The Labute approximate surface area is 178 Å². The van der Waals surface area contributed by atoms with E-state index in [1.165, 1.54) is 0 Å². The standard InChI is InChI=1S/C23H21N5OS/c29-23(27-14-7-10-18(16-27)22-24-13-15-30-22)20-25-21(17-8-3-1-4-9-17)28(26-20)19-11-5-2-6-12-19/h1-6,8-9,11-13,15,18H,7,10,14,16H2. The lowest BCUT2D eigenvalue weighted by Gasteiger charge is -2.31. The molecule has 0 spiro atoms.